The number of hydrogen-bond acceptors (Lipinski definition) is 5. The maximum Gasteiger partial charge on any atom is 0.387 e. The third-order valence-corrected chi connectivity index (χ3v) is 2.28. The second-order valence-electron chi connectivity index (χ2n) is 3.62. The van der Waals surface area contributed by atoms with Crippen LogP contribution in [0.15, 0.2) is 24.3 Å². The molecule has 1 atom stereocenters. The first-order valence-corrected chi connectivity index (χ1v) is 5.53. The lowest BCUT2D eigenvalue weighted by molar-refractivity contribution is -0.149. The van der Waals surface area contributed by atoms with Gasteiger partial charge in [0.25, 0.3) is 5.91 Å². The van der Waals surface area contributed by atoms with Gasteiger partial charge in [-0.1, -0.05) is 12.1 Å². The molecule has 0 saturated carbocycles. The Labute approximate surface area is 113 Å². The summed E-state index contributed by atoms with van der Waals surface area (Å²) in [5.41, 5.74) is -0.134. The Hall–Kier alpha value is -2.22. The van der Waals surface area contributed by atoms with Crippen molar-refractivity contribution in [3.63, 3.8) is 0 Å². The Balaban J connectivity index is 2.70. The molecule has 1 aromatic rings. The number of nitrogens with one attached hydrogen (secondary N) is 1. The normalized spacial score (nSPS) is 11.8. The van der Waals surface area contributed by atoms with Gasteiger partial charge in [-0.15, -0.1) is 0 Å². The number of alkyl halides is 2. The molecule has 0 bridgehead atoms. The summed E-state index contributed by atoms with van der Waals surface area (Å²) < 4.78 is 32.8. The lowest BCUT2D eigenvalue weighted by atomic mass is 10.2. The van der Waals surface area contributed by atoms with Gasteiger partial charge >= 0.3 is 12.6 Å². The average molecular weight is 289 g/mol. The summed E-state index contributed by atoms with van der Waals surface area (Å²) in [4.78, 5) is 22.7. The van der Waals surface area contributed by atoms with Crippen LogP contribution in [0.1, 0.15) is 10.4 Å². The summed E-state index contributed by atoms with van der Waals surface area (Å²) in [6, 6.07) is 5.37. The van der Waals surface area contributed by atoms with E-state index in [0.717, 1.165) is 7.11 Å². The van der Waals surface area contributed by atoms with Crippen LogP contribution in [-0.4, -0.2) is 43.4 Å². The lowest BCUT2D eigenvalue weighted by Crippen LogP contribution is -2.37. The van der Waals surface area contributed by atoms with Crippen LogP contribution >= 0.6 is 0 Å². The van der Waals surface area contributed by atoms with E-state index in [0.29, 0.717) is 0 Å². The molecular weight excluding hydrogens is 276 g/mol. The molecule has 0 aliphatic carbocycles. The number of amides is 1. The first-order chi connectivity index (χ1) is 9.45. The SMILES string of the molecule is COC(=O)C(O)CNC(=O)c1ccccc1OC(F)F. The van der Waals surface area contributed by atoms with Crippen LogP contribution in [0, 0.1) is 0 Å². The number of esters is 1. The molecule has 1 aromatic carbocycles. The number of rotatable bonds is 6. The van der Waals surface area contributed by atoms with Crippen LogP contribution in [0.3, 0.4) is 0 Å². The number of methoxy groups -OCH3 is 1. The summed E-state index contributed by atoms with van der Waals surface area (Å²) in [6.45, 7) is -3.47. The average Bonchev–Trinajstić information content (AvgIpc) is 2.43. The standard InChI is InChI=1S/C12H13F2NO5/c1-19-11(18)8(16)6-15-10(17)7-4-2-3-5-9(7)20-12(13)14/h2-5,8,12,16H,6H2,1H3,(H,15,17). The lowest BCUT2D eigenvalue weighted by Gasteiger charge is -2.12. The summed E-state index contributed by atoms with van der Waals surface area (Å²) in [7, 11) is 1.08. The summed E-state index contributed by atoms with van der Waals surface area (Å²) in [6.07, 6.45) is -1.54. The van der Waals surface area contributed by atoms with E-state index in [-0.39, 0.29) is 11.3 Å². The highest BCUT2D eigenvalue weighted by Crippen LogP contribution is 2.19. The van der Waals surface area contributed by atoms with Gasteiger partial charge in [0.1, 0.15) is 5.75 Å². The molecule has 0 fully saturated rings. The number of hydrogen-bond donors (Lipinski definition) is 2. The molecule has 0 radical (unpaired) electrons. The van der Waals surface area contributed by atoms with E-state index in [9.17, 15) is 23.5 Å². The fourth-order valence-corrected chi connectivity index (χ4v) is 1.36. The highest BCUT2D eigenvalue weighted by molar-refractivity contribution is 5.97. The van der Waals surface area contributed by atoms with Crippen molar-refractivity contribution in [2.75, 3.05) is 13.7 Å². The summed E-state index contributed by atoms with van der Waals surface area (Å²) in [5, 5.41) is 11.5. The number of para-hydroxylation sites is 1. The maximum atomic E-state index is 12.2. The zero-order valence-corrected chi connectivity index (χ0v) is 10.5. The molecule has 0 aromatic heterocycles. The van der Waals surface area contributed by atoms with Crippen LogP contribution in [0.2, 0.25) is 0 Å². The van der Waals surface area contributed by atoms with Crippen LogP contribution in [0.5, 0.6) is 5.75 Å². The van der Waals surface area contributed by atoms with Crippen molar-refractivity contribution in [1.82, 2.24) is 5.32 Å². The molecule has 0 aliphatic heterocycles. The molecule has 1 rings (SSSR count). The van der Waals surface area contributed by atoms with Crippen molar-refractivity contribution in [2.45, 2.75) is 12.7 Å². The van der Waals surface area contributed by atoms with E-state index in [1.807, 2.05) is 0 Å². The minimum absolute atomic E-state index is 0.134. The second-order valence-corrected chi connectivity index (χ2v) is 3.62. The first kappa shape index (κ1) is 15.8. The van der Waals surface area contributed by atoms with Crippen molar-refractivity contribution >= 4 is 11.9 Å². The molecule has 2 N–H and O–H groups in total. The van der Waals surface area contributed by atoms with E-state index >= 15 is 0 Å². The second kappa shape index (κ2) is 7.39. The number of carbonyl (C=O) groups excluding carboxylic acids is 2. The quantitative estimate of drug-likeness (QED) is 0.747. The van der Waals surface area contributed by atoms with Crippen LogP contribution in [0.4, 0.5) is 8.78 Å². The van der Waals surface area contributed by atoms with Crippen LogP contribution in [0.25, 0.3) is 0 Å². The van der Waals surface area contributed by atoms with Gasteiger partial charge in [-0.3, -0.25) is 4.79 Å². The van der Waals surface area contributed by atoms with Gasteiger partial charge in [0.15, 0.2) is 6.10 Å². The molecule has 0 aliphatic rings. The van der Waals surface area contributed by atoms with Crippen LogP contribution in [-0.2, 0) is 9.53 Å². The Morgan fingerprint density at radius 3 is 2.60 bits per heavy atom. The molecule has 20 heavy (non-hydrogen) atoms. The highest BCUT2D eigenvalue weighted by Gasteiger charge is 2.19. The molecule has 0 spiro atoms. The molecule has 110 valence electrons. The monoisotopic (exact) mass is 289 g/mol. The van der Waals surface area contributed by atoms with Gasteiger partial charge in [-0.25, -0.2) is 4.79 Å². The van der Waals surface area contributed by atoms with Gasteiger partial charge in [0.05, 0.1) is 19.2 Å². The Kier molecular flexibility index (Phi) is 5.85. The van der Waals surface area contributed by atoms with Crippen molar-refractivity contribution in [3.8, 4) is 5.75 Å². The third kappa shape index (κ3) is 4.47. The molecule has 0 saturated heterocycles. The van der Waals surface area contributed by atoms with E-state index in [4.69, 9.17) is 0 Å². The van der Waals surface area contributed by atoms with Gasteiger partial charge in [-0.05, 0) is 12.1 Å². The Morgan fingerprint density at radius 2 is 2.00 bits per heavy atom. The van der Waals surface area contributed by atoms with Gasteiger partial charge in [0, 0.05) is 0 Å². The van der Waals surface area contributed by atoms with Crippen molar-refractivity contribution in [2.24, 2.45) is 0 Å². The molecular formula is C12H13F2NO5. The van der Waals surface area contributed by atoms with Crippen molar-refractivity contribution < 1.29 is 33.0 Å². The minimum atomic E-state index is -3.07. The Bertz CT molecular complexity index is 481. The molecule has 1 amide bonds. The summed E-state index contributed by atoms with van der Waals surface area (Å²) in [5.74, 6) is -1.97. The number of halogens is 2. The largest absolute Gasteiger partial charge is 0.467 e. The third-order valence-electron chi connectivity index (χ3n) is 2.28. The van der Waals surface area contributed by atoms with E-state index in [1.54, 1.807) is 0 Å². The topological polar surface area (TPSA) is 84.9 Å². The number of aliphatic hydroxyl groups excluding tert-OH is 1. The zero-order chi connectivity index (χ0) is 15.1. The number of carbonyl (C=O) groups is 2. The van der Waals surface area contributed by atoms with Crippen LogP contribution < -0.4 is 10.1 Å². The van der Waals surface area contributed by atoms with Crippen molar-refractivity contribution in [1.29, 1.82) is 0 Å². The highest BCUT2D eigenvalue weighted by atomic mass is 19.3. The predicted octanol–water partition coefficient (Wildman–Crippen LogP) is 0.552. The van der Waals surface area contributed by atoms with E-state index < -0.39 is 31.1 Å². The fourth-order valence-electron chi connectivity index (χ4n) is 1.36. The van der Waals surface area contributed by atoms with E-state index in [1.165, 1.54) is 24.3 Å². The van der Waals surface area contributed by atoms with Gasteiger partial charge < -0.3 is 19.9 Å². The number of ether oxygens (including phenoxy) is 2. The fraction of sp³-hybridized carbons (Fsp3) is 0.333. The smallest absolute Gasteiger partial charge is 0.387 e. The van der Waals surface area contributed by atoms with Crippen molar-refractivity contribution in [3.05, 3.63) is 29.8 Å². The molecule has 1 unspecified atom stereocenters. The first-order valence-electron chi connectivity index (χ1n) is 5.53. The zero-order valence-electron chi connectivity index (χ0n) is 10.5. The van der Waals surface area contributed by atoms with E-state index in [2.05, 4.69) is 14.8 Å². The van der Waals surface area contributed by atoms with Gasteiger partial charge in [-0.2, -0.15) is 8.78 Å². The number of benzene rings is 1. The van der Waals surface area contributed by atoms with Gasteiger partial charge in [0.2, 0.25) is 0 Å². The summed E-state index contributed by atoms with van der Waals surface area (Å²) >= 11 is 0. The maximum absolute atomic E-state index is 12.2. The molecule has 8 heteroatoms. The molecule has 6 nitrogen and oxygen atoms in total. The molecule has 0 heterocycles. The minimum Gasteiger partial charge on any atom is -0.467 e. The predicted molar refractivity (Wildman–Crippen MR) is 63.4 cm³/mol. The number of aliphatic hydroxyl groups is 1. The Morgan fingerprint density at radius 1 is 1.35 bits per heavy atom.